The Kier molecular flexibility index (Phi) is 3.08. The highest BCUT2D eigenvalue weighted by Gasteiger charge is 2.10. The summed E-state index contributed by atoms with van der Waals surface area (Å²) < 4.78 is 0. The molecule has 0 aliphatic carbocycles. The van der Waals surface area contributed by atoms with Gasteiger partial charge < -0.3 is 5.11 Å². The van der Waals surface area contributed by atoms with Gasteiger partial charge in [0.25, 0.3) is 0 Å². The molecule has 15 heavy (non-hydrogen) atoms. The molecule has 2 heterocycles. The molecular weight excluding hydrogens is 208 g/mol. The maximum Gasteiger partial charge on any atom is 0.0897 e. The lowest BCUT2D eigenvalue weighted by atomic mass is 10.1. The van der Waals surface area contributed by atoms with E-state index in [0.29, 0.717) is 6.42 Å². The van der Waals surface area contributed by atoms with Crippen molar-refractivity contribution in [3.63, 3.8) is 0 Å². The molecule has 0 aliphatic rings. The molecular formula is C11H12N2OS. The number of hydrogen-bond donors (Lipinski definition) is 1. The highest BCUT2D eigenvalue weighted by atomic mass is 32.1. The second-order valence-electron chi connectivity index (χ2n) is 3.36. The molecule has 0 spiro atoms. The topological polar surface area (TPSA) is 46.0 Å². The van der Waals surface area contributed by atoms with Crippen LogP contribution in [0.5, 0.6) is 0 Å². The summed E-state index contributed by atoms with van der Waals surface area (Å²) in [6.45, 7) is 1.96. The van der Waals surface area contributed by atoms with Crippen LogP contribution in [0, 0.1) is 6.92 Å². The molecule has 2 aromatic heterocycles. The van der Waals surface area contributed by atoms with Crippen LogP contribution >= 0.6 is 11.3 Å². The molecule has 0 saturated carbocycles. The third-order valence-electron chi connectivity index (χ3n) is 2.14. The van der Waals surface area contributed by atoms with Gasteiger partial charge in [-0.05, 0) is 18.6 Å². The van der Waals surface area contributed by atoms with E-state index < -0.39 is 6.10 Å². The SMILES string of the molecule is Cc1nc(CC(O)c2cccnc2)cs1. The van der Waals surface area contributed by atoms with Gasteiger partial charge in [0.2, 0.25) is 0 Å². The molecule has 3 nitrogen and oxygen atoms in total. The average molecular weight is 220 g/mol. The second-order valence-corrected chi connectivity index (χ2v) is 4.43. The Hall–Kier alpha value is -1.26. The summed E-state index contributed by atoms with van der Waals surface area (Å²) in [7, 11) is 0. The van der Waals surface area contributed by atoms with E-state index in [9.17, 15) is 5.11 Å². The molecule has 2 rings (SSSR count). The van der Waals surface area contributed by atoms with Crippen LogP contribution in [0.2, 0.25) is 0 Å². The van der Waals surface area contributed by atoms with Crippen LogP contribution in [0.25, 0.3) is 0 Å². The molecule has 4 heteroatoms. The number of aromatic nitrogens is 2. The van der Waals surface area contributed by atoms with Crippen LogP contribution in [0.3, 0.4) is 0 Å². The number of hydrogen-bond acceptors (Lipinski definition) is 4. The van der Waals surface area contributed by atoms with Crippen LogP contribution in [0.4, 0.5) is 0 Å². The number of aliphatic hydroxyl groups excluding tert-OH is 1. The first kappa shape index (κ1) is 10.3. The molecule has 1 unspecified atom stereocenters. The highest BCUT2D eigenvalue weighted by molar-refractivity contribution is 7.09. The minimum atomic E-state index is -0.514. The molecule has 0 radical (unpaired) electrons. The lowest BCUT2D eigenvalue weighted by Gasteiger charge is -2.07. The molecule has 0 fully saturated rings. The van der Waals surface area contributed by atoms with Crippen LogP contribution < -0.4 is 0 Å². The van der Waals surface area contributed by atoms with Crippen molar-refractivity contribution in [3.8, 4) is 0 Å². The van der Waals surface area contributed by atoms with Gasteiger partial charge in [0.15, 0.2) is 0 Å². The normalized spacial score (nSPS) is 12.7. The predicted octanol–water partition coefficient (Wildman–Crippen LogP) is 2.12. The Bertz CT molecular complexity index is 427. The van der Waals surface area contributed by atoms with Gasteiger partial charge in [0.05, 0.1) is 16.8 Å². The molecule has 1 N–H and O–H groups in total. The third-order valence-corrected chi connectivity index (χ3v) is 2.96. The zero-order chi connectivity index (χ0) is 10.7. The Morgan fingerprint density at radius 3 is 3.00 bits per heavy atom. The van der Waals surface area contributed by atoms with Crippen molar-refractivity contribution in [1.82, 2.24) is 9.97 Å². The number of aliphatic hydroxyl groups is 1. The highest BCUT2D eigenvalue weighted by Crippen LogP contribution is 2.18. The maximum atomic E-state index is 9.91. The van der Waals surface area contributed by atoms with Crippen molar-refractivity contribution in [2.75, 3.05) is 0 Å². The second kappa shape index (κ2) is 4.51. The lowest BCUT2D eigenvalue weighted by Crippen LogP contribution is -2.02. The third kappa shape index (κ3) is 2.61. The smallest absolute Gasteiger partial charge is 0.0897 e. The van der Waals surface area contributed by atoms with Crippen LogP contribution in [0.15, 0.2) is 29.9 Å². The molecule has 78 valence electrons. The molecule has 0 aromatic carbocycles. The Balaban J connectivity index is 2.07. The summed E-state index contributed by atoms with van der Waals surface area (Å²) in [5, 5.41) is 12.9. The molecule has 2 aromatic rings. The van der Waals surface area contributed by atoms with Gasteiger partial charge in [-0.2, -0.15) is 0 Å². The number of pyridine rings is 1. The van der Waals surface area contributed by atoms with Crippen LogP contribution in [-0.2, 0) is 6.42 Å². The predicted molar refractivity (Wildman–Crippen MR) is 59.8 cm³/mol. The van der Waals surface area contributed by atoms with Crippen molar-refractivity contribution >= 4 is 11.3 Å². The Morgan fingerprint density at radius 1 is 1.53 bits per heavy atom. The molecule has 0 saturated heterocycles. The van der Waals surface area contributed by atoms with Gasteiger partial charge in [0, 0.05) is 24.2 Å². The van der Waals surface area contributed by atoms with Crippen molar-refractivity contribution in [2.45, 2.75) is 19.4 Å². The summed E-state index contributed by atoms with van der Waals surface area (Å²) in [6, 6.07) is 3.70. The standard InChI is InChI=1S/C11H12N2OS/c1-8-13-10(7-15-8)5-11(14)9-3-2-4-12-6-9/h2-4,6-7,11,14H,5H2,1H3. The molecule has 1 atom stereocenters. The van der Waals surface area contributed by atoms with Gasteiger partial charge in [-0.15, -0.1) is 11.3 Å². The quantitative estimate of drug-likeness (QED) is 0.861. The summed E-state index contributed by atoms with van der Waals surface area (Å²) >= 11 is 1.60. The Labute approximate surface area is 92.5 Å². The number of thiazole rings is 1. The number of nitrogens with zero attached hydrogens (tertiary/aromatic N) is 2. The van der Waals surface area contributed by atoms with E-state index in [4.69, 9.17) is 0 Å². The van der Waals surface area contributed by atoms with Crippen LogP contribution in [0.1, 0.15) is 22.4 Å². The van der Waals surface area contributed by atoms with E-state index in [1.165, 1.54) is 0 Å². The fourth-order valence-electron chi connectivity index (χ4n) is 1.39. The first-order chi connectivity index (χ1) is 7.25. The number of rotatable bonds is 3. The summed E-state index contributed by atoms with van der Waals surface area (Å²) in [5.41, 5.74) is 1.78. The number of aryl methyl sites for hydroxylation is 1. The first-order valence-electron chi connectivity index (χ1n) is 4.74. The molecule has 0 bridgehead atoms. The zero-order valence-electron chi connectivity index (χ0n) is 8.42. The monoisotopic (exact) mass is 220 g/mol. The maximum absolute atomic E-state index is 9.91. The fraction of sp³-hybridized carbons (Fsp3) is 0.273. The van der Waals surface area contributed by atoms with Crippen LogP contribution in [-0.4, -0.2) is 15.1 Å². The van der Waals surface area contributed by atoms with E-state index >= 15 is 0 Å². The summed E-state index contributed by atoms with van der Waals surface area (Å²) in [5.74, 6) is 0. The minimum Gasteiger partial charge on any atom is -0.388 e. The minimum absolute atomic E-state index is 0.514. The van der Waals surface area contributed by atoms with Crippen molar-refractivity contribution in [3.05, 3.63) is 46.2 Å². The van der Waals surface area contributed by atoms with E-state index in [0.717, 1.165) is 16.3 Å². The zero-order valence-corrected chi connectivity index (χ0v) is 9.24. The van der Waals surface area contributed by atoms with E-state index in [1.54, 1.807) is 23.7 Å². The van der Waals surface area contributed by atoms with Gasteiger partial charge >= 0.3 is 0 Å². The molecule has 0 aliphatic heterocycles. The largest absolute Gasteiger partial charge is 0.388 e. The molecule has 0 amide bonds. The van der Waals surface area contributed by atoms with E-state index in [1.807, 2.05) is 24.4 Å². The van der Waals surface area contributed by atoms with Gasteiger partial charge in [-0.3, -0.25) is 4.98 Å². The summed E-state index contributed by atoms with van der Waals surface area (Å²) in [6.07, 6.45) is 3.42. The van der Waals surface area contributed by atoms with E-state index in [-0.39, 0.29) is 0 Å². The van der Waals surface area contributed by atoms with Gasteiger partial charge in [-0.25, -0.2) is 4.98 Å². The van der Waals surface area contributed by atoms with E-state index in [2.05, 4.69) is 9.97 Å². The fourth-order valence-corrected chi connectivity index (χ4v) is 2.02. The van der Waals surface area contributed by atoms with Crippen molar-refractivity contribution in [1.29, 1.82) is 0 Å². The van der Waals surface area contributed by atoms with Crippen molar-refractivity contribution < 1.29 is 5.11 Å². The van der Waals surface area contributed by atoms with Gasteiger partial charge in [0.1, 0.15) is 0 Å². The lowest BCUT2D eigenvalue weighted by molar-refractivity contribution is 0.177. The first-order valence-corrected chi connectivity index (χ1v) is 5.62. The van der Waals surface area contributed by atoms with Gasteiger partial charge in [-0.1, -0.05) is 6.07 Å². The Morgan fingerprint density at radius 2 is 2.40 bits per heavy atom. The van der Waals surface area contributed by atoms with Crippen molar-refractivity contribution in [2.24, 2.45) is 0 Å². The average Bonchev–Trinajstić information content (AvgIpc) is 2.65. The summed E-state index contributed by atoms with van der Waals surface area (Å²) in [4.78, 5) is 8.29.